The predicted molar refractivity (Wildman–Crippen MR) is 95.1 cm³/mol. The minimum atomic E-state index is -1.31. The normalized spacial score (nSPS) is 18.8. The van der Waals surface area contributed by atoms with Crippen LogP contribution in [-0.4, -0.2) is 33.4 Å². The number of rotatable bonds is 6. The first-order chi connectivity index (χ1) is 11.4. The third kappa shape index (κ3) is 3.73. The van der Waals surface area contributed by atoms with Gasteiger partial charge in [-0.3, -0.25) is 14.5 Å². The number of benzene rings is 1. The molecule has 0 bridgehead atoms. The first-order valence-corrected chi connectivity index (χ1v) is 8.64. The molecule has 1 fully saturated rings. The summed E-state index contributed by atoms with van der Waals surface area (Å²) in [5.41, 5.74) is 1.27. The number of hydrogen-bond donors (Lipinski definition) is 0. The number of aliphatic carboxylic acids is 1. The lowest BCUT2D eigenvalue weighted by Crippen LogP contribution is -2.53. The number of thioether (sulfide) groups is 1. The Balaban J connectivity index is 2.31. The van der Waals surface area contributed by atoms with Crippen LogP contribution in [0.25, 0.3) is 6.08 Å². The van der Waals surface area contributed by atoms with Crippen molar-refractivity contribution in [1.29, 1.82) is 0 Å². The average Bonchev–Trinajstić information content (AvgIpc) is 2.83. The van der Waals surface area contributed by atoms with Gasteiger partial charge in [-0.1, -0.05) is 68.5 Å². The van der Waals surface area contributed by atoms with Crippen molar-refractivity contribution in [2.45, 2.75) is 26.3 Å². The molecule has 24 heavy (non-hydrogen) atoms. The molecule has 1 saturated heterocycles. The second-order valence-corrected chi connectivity index (χ2v) is 7.16. The molecule has 1 aromatic carbocycles. The minimum absolute atomic E-state index is 0.213. The molecule has 7 heteroatoms. The van der Waals surface area contributed by atoms with Gasteiger partial charge in [0, 0.05) is 5.56 Å². The lowest BCUT2D eigenvalue weighted by molar-refractivity contribution is -0.311. The fourth-order valence-electron chi connectivity index (χ4n) is 2.36. The van der Waals surface area contributed by atoms with Crippen LogP contribution in [0.3, 0.4) is 0 Å². The summed E-state index contributed by atoms with van der Waals surface area (Å²) in [4.78, 5) is 36.3. The maximum atomic E-state index is 12.6. The smallest absolute Gasteiger partial charge is 0.266 e. The Kier molecular flexibility index (Phi) is 5.90. The highest BCUT2D eigenvalue weighted by Gasteiger charge is 2.39. The highest BCUT2D eigenvalue weighted by atomic mass is 32.2. The van der Waals surface area contributed by atoms with Gasteiger partial charge in [0.2, 0.25) is 0 Å². The molecule has 1 aromatic rings. The molecule has 5 nitrogen and oxygen atoms in total. The van der Waals surface area contributed by atoms with Crippen LogP contribution in [0.15, 0.2) is 29.2 Å². The lowest BCUT2D eigenvalue weighted by Gasteiger charge is -2.32. The summed E-state index contributed by atoms with van der Waals surface area (Å²) in [6.07, 6.45) is 2.96. The van der Waals surface area contributed by atoms with Crippen molar-refractivity contribution in [2.75, 3.05) is 0 Å². The van der Waals surface area contributed by atoms with Gasteiger partial charge < -0.3 is 9.90 Å². The number of thiocarbonyl (C=S) groups is 1. The molecule has 1 heterocycles. The molecule has 0 unspecified atom stereocenters. The maximum absolute atomic E-state index is 12.6. The van der Waals surface area contributed by atoms with Gasteiger partial charge in [0.25, 0.3) is 5.91 Å². The first kappa shape index (κ1) is 18.4. The number of carbonyl (C=O) groups excluding carboxylic acids is 3. The third-order valence-corrected chi connectivity index (χ3v) is 5.23. The van der Waals surface area contributed by atoms with E-state index in [9.17, 15) is 19.5 Å². The van der Waals surface area contributed by atoms with E-state index in [1.807, 2.05) is 6.92 Å². The van der Waals surface area contributed by atoms with Gasteiger partial charge in [0.05, 0.1) is 16.9 Å². The van der Waals surface area contributed by atoms with Crippen molar-refractivity contribution in [2.24, 2.45) is 5.92 Å². The van der Waals surface area contributed by atoms with Crippen molar-refractivity contribution in [3.05, 3.63) is 40.3 Å². The zero-order chi connectivity index (χ0) is 17.9. The Morgan fingerprint density at radius 3 is 2.42 bits per heavy atom. The van der Waals surface area contributed by atoms with Crippen LogP contribution in [0.2, 0.25) is 0 Å². The van der Waals surface area contributed by atoms with Gasteiger partial charge in [0.15, 0.2) is 0 Å². The molecular weight excluding hydrogens is 346 g/mol. The molecule has 1 amide bonds. The first-order valence-electron chi connectivity index (χ1n) is 7.42. The standard InChI is InChI=1S/C17H17NO4S2/c1-3-10(2)14(16(21)22)18-15(20)13(24-17(18)23)8-11-4-6-12(9-19)7-5-11/h4-10,14H,3H2,1-2H3,(H,21,22)/p-1/b13-8-/t10-,14-/m1/s1. The summed E-state index contributed by atoms with van der Waals surface area (Å²) in [7, 11) is 0. The van der Waals surface area contributed by atoms with E-state index in [-0.39, 0.29) is 10.2 Å². The number of aldehydes is 1. The topological polar surface area (TPSA) is 77.5 Å². The van der Waals surface area contributed by atoms with Gasteiger partial charge in [0.1, 0.15) is 10.6 Å². The highest BCUT2D eigenvalue weighted by molar-refractivity contribution is 8.26. The van der Waals surface area contributed by atoms with E-state index in [2.05, 4.69) is 0 Å². The van der Waals surface area contributed by atoms with Crippen LogP contribution in [0.4, 0.5) is 0 Å². The summed E-state index contributed by atoms with van der Waals surface area (Å²) >= 11 is 6.27. The summed E-state index contributed by atoms with van der Waals surface area (Å²) in [6.45, 7) is 3.60. The van der Waals surface area contributed by atoms with Gasteiger partial charge in [-0.2, -0.15) is 0 Å². The van der Waals surface area contributed by atoms with E-state index in [4.69, 9.17) is 12.2 Å². The zero-order valence-electron chi connectivity index (χ0n) is 13.2. The molecule has 2 atom stereocenters. The van der Waals surface area contributed by atoms with Crippen LogP contribution >= 0.6 is 24.0 Å². The summed E-state index contributed by atoms with van der Waals surface area (Å²) in [5, 5.41) is 11.5. The number of carboxylic acid groups (broad SMARTS) is 1. The largest absolute Gasteiger partial charge is 0.548 e. The maximum Gasteiger partial charge on any atom is 0.266 e. The van der Waals surface area contributed by atoms with Crippen LogP contribution in [0.1, 0.15) is 36.2 Å². The van der Waals surface area contributed by atoms with Crippen molar-refractivity contribution >= 4 is 52.5 Å². The van der Waals surface area contributed by atoms with Gasteiger partial charge >= 0.3 is 0 Å². The summed E-state index contributed by atoms with van der Waals surface area (Å²) < 4.78 is 0.213. The van der Waals surface area contributed by atoms with Crippen molar-refractivity contribution in [1.82, 2.24) is 4.90 Å². The van der Waals surface area contributed by atoms with Gasteiger partial charge in [-0.15, -0.1) is 0 Å². The fourth-order valence-corrected chi connectivity index (χ4v) is 3.69. The van der Waals surface area contributed by atoms with E-state index >= 15 is 0 Å². The second kappa shape index (κ2) is 7.72. The molecule has 1 aliphatic rings. The number of nitrogens with zero attached hydrogens (tertiary/aromatic N) is 1. The lowest BCUT2D eigenvalue weighted by atomic mass is 9.98. The molecule has 0 N–H and O–H groups in total. The number of carbonyl (C=O) groups is 3. The number of carboxylic acids is 1. The molecule has 0 spiro atoms. The van der Waals surface area contributed by atoms with Gasteiger partial charge in [-0.25, -0.2) is 0 Å². The van der Waals surface area contributed by atoms with E-state index in [1.54, 1.807) is 37.3 Å². The van der Waals surface area contributed by atoms with Gasteiger partial charge in [-0.05, 0) is 17.6 Å². The van der Waals surface area contributed by atoms with E-state index in [0.717, 1.165) is 28.5 Å². The zero-order valence-corrected chi connectivity index (χ0v) is 14.9. The molecule has 0 radical (unpaired) electrons. The van der Waals surface area contributed by atoms with Crippen molar-refractivity contribution in [3.8, 4) is 0 Å². The molecule has 0 saturated carbocycles. The summed E-state index contributed by atoms with van der Waals surface area (Å²) in [6, 6.07) is 5.62. The van der Waals surface area contributed by atoms with Crippen LogP contribution in [0.5, 0.6) is 0 Å². The second-order valence-electron chi connectivity index (χ2n) is 5.49. The highest BCUT2D eigenvalue weighted by Crippen LogP contribution is 2.35. The van der Waals surface area contributed by atoms with Crippen molar-refractivity contribution in [3.63, 3.8) is 0 Å². The van der Waals surface area contributed by atoms with Crippen LogP contribution in [-0.2, 0) is 9.59 Å². The monoisotopic (exact) mass is 362 g/mol. The SMILES string of the molecule is CC[C@@H](C)[C@H](C(=O)[O-])N1C(=O)/C(=C/c2ccc(C=O)cc2)SC1=S. The Bertz CT molecular complexity index is 712. The Labute approximate surface area is 149 Å². The molecule has 0 aliphatic carbocycles. The van der Waals surface area contributed by atoms with E-state index in [0.29, 0.717) is 16.9 Å². The molecule has 126 valence electrons. The van der Waals surface area contributed by atoms with E-state index < -0.39 is 17.9 Å². The molecule has 0 aromatic heterocycles. The quantitative estimate of drug-likeness (QED) is 0.437. The molecule has 1 aliphatic heterocycles. The number of amides is 1. The Morgan fingerprint density at radius 1 is 1.33 bits per heavy atom. The molecule has 2 rings (SSSR count). The Morgan fingerprint density at radius 2 is 1.92 bits per heavy atom. The average molecular weight is 362 g/mol. The predicted octanol–water partition coefficient (Wildman–Crippen LogP) is 1.86. The van der Waals surface area contributed by atoms with Crippen LogP contribution in [0, 0.1) is 5.92 Å². The van der Waals surface area contributed by atoms with Crippen LogP contribution < -0.4 is 5.11 Å². The van der Waals surface area contributed by atoms with Crippen molar-refractivity contribution < 1.29 is 19.5 Å². The molecular formula is C17H16NO4S2-. The summed E-state index contributed by atoms with van der Waals surface area (Å²) in [5.74, 6) is -2.01. The minimum Gasteiger partial charge on any atom is -0.548 e. The Hall–Kier alpha value is -1.99. The van der Waals surface area contributed by atoms with E-state index in [1.165, 1.54) is 0 Å². The third-order valence-electron chi connectivity index (χ3n) is 3.90. The number of hydrogen-bond acceptors (Lipinski definition) is 6. The fraction of sp³-hybridized carbons (Fsp3) is 0.294.